The minimum atomic E-state index is -4.74. The Balaban J connectivity index is 1.69. The van der Waals surface area contributed by atoms with E-state index in [1.807, 2.05) is 33.6 Å². The fourth-order valence-electron chi connectivity index (χ4n) is 3.72. The van der Waals surface area contributed by atoms with Crippen LogP contribution in [0.2, 0.25) is 0 Å². The molecule has 5 nitrogen and oxygen atoms in total. The number of hydrogen-bond acceptors (Lipinski definition) is 3. The van der Waals surface area contributed by atoms with E-state index in [4.69, 9.17) is 0 Å². The van der Waals surface area contributed by atoms with Crippen molar-refractivity contribution in [1.29, 1.82) is 0 Å². The molecule has 0 saturated heterocycles. The van der Waals surface area contributed by atoms with Crippen molar-refractivity contribution in [3.63, 3.8) is 0 Å². The van der Waals surface area contributed by atoms with Gasteiger partial charge in [0.2, 0.25) is 0 Å². The molecule has 3 heterocycles. The van der Waals surface area contributed by atoms with Crippen molar-refractivity contribution in [3.05, 3.63) is 60.4 Å². The Morgan fingerprint density at radius 2 is 1.89 bits per heavy atom. The van der Waals surface area contributed by atoms with Crippen LogP contribution in [-0.2, 0) is 13.0 Å². The van der Waals surface area contributed by atoms with Crippen molar-refractivity contribution in [2.75, 3.05) is 0 Å². The third-order valence-electron chi connectivity index (χ3n) is 4.84. The summed E-state index contributed by atoms with van der Waals surface area (Å²) in [5.41, 5.74) is 3.91. The number of aromatic nitrogens is 4. The van der Waals surface area contributed by atoms with Crippen LogP contribution < -0.4 is 4.74 Å². The number of benzene rings is 2. The highest BCUT2D eigenvalue weighted by atomic mass is 19.4. The molecule has 1 aliphatic rings. The van der Waals surface area contributed by atoms with E-state index in [0.717, 1.165) is 41.7 Å². The predicted molar refractivity (Wildman–Crippen MR) is 97.3 cm³/mol. The largest absolute Gasteiger partial charge is 0.573 e. The van der Waals surface area contributed by atoms with Gasteiger partial charge < -0.3 is 4.74 Å². The lowest BCUT2D eigenvalue weighted by molar-refractivity contribution is -0.274. The van der Waals surface area contributed by atoms with Gasteiger partial charge in [-0.3, -0.25) is 4.68 Å². The number of rotatable bonds is 3. The number of nitrogens with zero attached hydrogens (tertiary/aromatic N) is 4. The van der Waals surface area contributed by atoms with Crippen LogP contribution in [0.1, 0.15) is 12.1 Å². The number of alkyl halides is 3. The molecule has 5 rings (SSSR count). The quantitative estimate of drug-likeness (QED) is 0.513. The van der Waals surface area contributed by atoms with Gasteiger partial charge in [-0.2, -0.15) is 10.2 Å². The summed E-state index contributed by atoms with van der Waals surface area (Å²) in [6.45, 7) is 0.778. The zero-order valence-electron chi connectivity index (χ0n) is 14.6. The number of para-hydroxylation sites is 1. The minimum absolute atomic E-state index is 0.269. The van der Waals surface area contributed by atoms with E-state index in [1.54, 1.807) is 12.3 Å². The van der Waals surface area contributed by atoms with E-state index < -0.39 is 6.36 Å². The lowest BCUT2D eigenvalue weighted by Gasteiger charge is -2.11. The molecular weight excluding hydrogens is 369 g/mol. The molecule has 28 heavy (non-hydrogen) atoms. The number of fused-ring (bicyclic) bond motifs is 2. The van der Waals surface area contributed by atoms with Crippen molar-refractivity contribution in [2.24, 2.45) is 0 Å². The van der Waals surface area contributed by atoms with Crippen LogP contribution in [0.5, 0.6) is 5.75 Å². The van der Waals surface area contributed by atoms with Crippen molar-refractivity contribution in [1.82, 2.24) is 19.6 Å². The highest BCUT2D eigenvalue weighted by Crippen LogP contribution is 2.36. The molecule has 0 radical (unpaired) electrons. The summed E-state index contributed by atoms with van der Waals surface area (Å²) >= 11 is 0. The summed E-state index contributed by atoms with van der Waals surface area (Å²) in [6, 6.07) is 13.7. The molecule has 0 aliphatic carbocycles. The van der Waals surface area contributed by atoms with E-state index in [1.165, 1.54) is 18.2 Å². The van der Waals surface area contributed by atoms with E-state index in [-0.39, 0.29) is 5.75 Å². The van der Waals surface area contributed by atoms with E-state index in [0.29, 0.717) is 11.3 Å². The summed E-state index contributed by atoms with van der Waals surface area (Å²) < 4.78 is 45.7. The van der Waals surface area contributed by atoms with Gasteiger partial charge in [-0.15, -0.1) is 13.2 Å². The van der Waals surface area contributed by atoms with Crippen LogP contribution in [0.3, 0.4) is 0 Å². The van der Waals surface area contributed by atoms with Crippen molar-refractivity contribution in [2.45, 2.75) is 25.7 Å². The topological polar surface area (TPSA) is 44.9 Å². The second-order valence-electron chi connectivity index (χ2n) is 6.66. The van der Waals surface area contributed by atoms with E-state index >= 15 is 0 Å². The third-order valence-corrected chi connectivity index (χ3v) is 4.84. The van der Waals surface area contributed by atoms with Gasteiger partial charge in [0.05, 0.1) is 17.4 Å². The van der Waals surface area contributed by atoms with Gasteiger partial charge in [-0.1, -0.05) is 30.3 Å². The number of aryl methyl sites for hydroxylation is 1. The second kappa shape index (κ2) is 6.12. The first-order valence-corrected chi connectivity index (χ1v) is 8.88. The average Bonchev–Trinajstić information content (AvgIpc) is 3.34. The Labute approximate surface area is 158 Å². The Morgan fingerprint density at radius 3 is 2.75 bits per heavy atom. The summed E-state index contributed by atoms with van der Waals surface area (Å²) in [5.74, 6) is -0.269. The first-order valence-electron chi connectivity index (χ1n) is 8.88. The first-order chi connectivity index (χ1) is 13.5. The minimum Gasteiger partial charge on any atom is -0.406 e. The average molecular weight is 384 g/mol. The molecular formula is C20H15F3N4O. The zero-order valence-corrected chi connectivity index (χ0v) is 14.6. The van der Waals surface area contributed by atoms with Crippen LogP contribution in [0.4, 0.5) is 13.2 Å². The predicted octanol–water partition coefficient (Wildman–Crippen LogP) is 4.73. The maximum absolute atomic E-state index is 12.6. The molecule has 0 unspecified atom stereocenters. The van der Waals surface area contributed by atoms with Crippen molar-refractivity contribution >= 4 is 10.9 Å². The molecule has 0 spiro atoms. The van der Waals surface area contributed by atoms with Crippen molar-refractivity contribution in [3.8, 4) is 22.7 Å². The Hall–Kier alpha value is -3.29. The molecule has 0 saturated carbocycles. The Kier molecular flexibility index (Phi) is 3.68. The van der Waals surface area contributed by atoms with Crippen molar-refractivity contribution < 1.29 is 17.9 Å². The molecule has 0 fully saturated rings. The highest BCUT2D eigenvalue weighted by molar-refractivity contribution is 5.83. The Bertz CT molecular complexity index is 1180. The molecule has 2 aromatic heterocycles. The fraction of sp³-hybridized carbons (Fsp3) is 0.200. The van der Waals surface area contributed by atoms with Gasteiger partial charge in [-0.25, -0.2) is 4.68 Å². The summed E-state index contributed by atoms with van der Waals surface area (Å²) in [7, 11) is 0. The van der Waals surface area contributed by atoms with Crippen LogP contribution in [-0.4, -0.2) is 25.9 Å². The second-order valence-corrected chi connectivity index (χ2v) is 6.66. The molecule has 2 aromatic carbocycles. The maximum atomic E-state index is 12.6. The molecule has 1 aliphatic heterocycles. The number of halogens is 3. The molecule has 4 aromatic rings. The fourth-order valence-corrected chi connectivity index (χ4v) is 3.72. The van der Waals surface area contributed by atoms with E-state index in [2.05, 4.69) is 14.9 Å². The van der Waals surface area contributed by atoms with Crippen LogP contribution in [0.15, 0.2) is 54.7 Å². The third kappa shape index (κ3) is 2.81. The molecule has 0 bridgehead atoms. The lowest BCUT2D eigenvalue weighted by atomic mass is 10.1. The maximum Gasteiger partial charge on any atom is 0.573 e. The number of hydrogen-bond donors (Lipinski definition) is 0. The highest BCUT2D eigenvalue weighted by Gasteiger charge is 2.31. The Morgan fingerprint density at radius 1 is 1.04 bits per heavy atom. The molecule has 0 amide bonds. The van der Waals surface area contributed by atoms with Crippen LogP contribution in [0.25, 0.3) is 27.8 Å². The monoisotopic (exact) mass is 384 g/mol. The van der Waals surface area contributed by atoms with Gasteiger partial charge in [0.15, 0.2) is 0 Å². The lowest BCUT2D eigenvalue weighted by Crippen LogP contribution is -2.17. The van der Waals surface area contributed by atoms with Gasteiger partial charge in [0, 0.05) is 17.5 Å². The van der Waals surface area contributed by atoms with Gasteiger partial charge in [-0.05, 0) is 31.0 Å². The summed E-state index contributed by atoms with van der Waals surface area (Å²) in [6.07, 6.45) is -1.14. The summed E-state index contributed by atoms with van der Waals surface area (Å²) in [4.78, 5) is 0. The zero-order chi connectivity index (χ0) is 19.3. The van der Waals surface area contributed by atoms with Crippen LogP contribution in [0, 0.1) is 0 Å². The van der Waals surface area contributed by atoms with Gasteiger partial charge in [0.1, 0.15) is 17.1 Å². The number of ether oxygens (including phenoxy) is 1. The molecule has 8 heteroatoms. The van der Waals surface area contributed by atoms with E-state index in [9.17, 15) is 13.2 Å². The smallest absolute Gasteiger partial charge is 0.406 e. The SMILES string of the molecule is FC(F)(F)Oc1cccc(-c2nn3c(c2-n2ncc4ccccc42)CCC3)c1. The van der Waals surface area contributed by atoms with Crippen LogP contribution >= 0.6 is 0 Å². The first kappa shape index (κ1) is 16.9. The normalized spacial score (nSPS) is 13.8. The van der Waals surface area contributed by atoms with Gasteiger partial charge in [0.25, 0.3) is 0 Å². The standard InChI is InChI=1S/C20H15F3N4O/c21-20(22,23)28-15-7-3-6-13(11-15)18-19(17-9-4-10-26(17)25-18)27-16-8-2-1-5-14(16)12-24-27/h1-3,5-8,11-12H,4,9-10H2. The molecule has 0 N–H and O–H groups in total. The molecule has 142 valence electrons. The summed E-state index contributed by atoms with van der Waals surface area (Å²) in [5, 5.41) is 10.2. The molecule has 0 atom stereocenters. The van der Waals surface area contributed by atoms with Gasteiger partial charge >= 0.3 is 6.36 Å².